The molecule has 1 amide bonds. The Balaban J connectivity index is 2.08. The SMILES string of the molecule is Cc1c(Br)cnn1C(C)C(=O)NC1CC1. The second kappa shape index (κ2) is 3.96. The lowest BCUT2D eigenvalue weighted by molar-refractivity contribution is -0.124. The minimum atomic E-state index is -0.239. The van der Waals surface area contributed by atoms with Crippen molar-refractivity contribution in [3.63, 3.8) is 0 Å². The van der Waals surface area contributed by atoms with E-state index in [1.807, 2.05) is 13.8 Å². The van der Waals surface area contributed by atoms with Crippen LogP contribution in [0.25, 0.3) is 0 Å². The highest BCUT2D eigenvalue weighted by molar-refractivity contribution is 9.10. The summed E-state index contributed by atoms with van der Waals surface area (Å²) >= 11 is 3.38. The van der Waals surface area contributed by atoms with Gasteiger partial charge in [0.05, 0.1) is 16.4 Å². The second-order valence-electron chi connectivity index (χ2n) is 3.98. The number of aromatic nitrogens is 2. The van der Waals surface area contributed by atoms with Crippen LogP contribution in [0.1, 0.15) is 31.5 Å². The maximum absolute atomic E-state index is 11.8. The molecule has 1 unspecified atom stereocenters. The third-order valence-electron chi connectivity index (χ3n) is 2.65. The van der Waals surface area contributed by atoms with Gasteiger partial charge in [0.25, 0.3) is 0 Å². The van der Waals surface area contributed by atoms with Gasteiger partial charge in [-0.05, 0) is 42.6 Å². The number of nitrogens with zero attached hydrogens (tertiary/aromatic N) is 2. The van der Waals surface area contributed by atoms with Crippen LogP contribution in [0.5, 0.6) is 0 Å². The number of hydrogen-bond donors (Lipinski definition) is 1. The van der Waals surface area contributed by atoms with Gasteiger partial charge in [0.1, 0.15) is 6.04 Å². The third kappa shape index (κ3) is 2.22. The van der Waals surface area contributed by atoms with Gasteiger partial charge in [-0.25, -0.2) is 0 Å². The van der Waals surface area contributed by atoms with Crippen LogP contribution in [-0.2, 0) is 4.79 Å². The summed E-state index contributed by atoms with van der Waals surface area (Å²) < 4.78 is 2.68. The Labute approximate surface area is 97.2 Å². The Morgan fingerprint density at radius 2 is 2.40 bits per heavy atom. The summed E-state index contributed by atoms with van der Waals surface area (Å²) in [5, 5.41) is 7.15. The van der Waals surface area contributed by atoms with Gasteiger partial charge in [-0.3, -0.25) is 9.48 Å². The zero-order chi connectivity index (χ0) is 11.0. The molecule has 2 rings (SSSR count). The van der Waals surface area contributed by atoms with E-state index < -0.39 is 0 Å². The number of carbonyl (C=O) groups is 1. The number of amides is 1. The van der Waals surface area contributed by atoms with Gasteiger partial charge < -0.3 is 5.32 Å². The van der Waals surface area contributed by atoms with Crippen LogP contribution in [0.3, 0.4) is 0 Å². The van der Waals surface area contributed by atoms with Crippen molar-refractivity contribution in [1.82, 2.24) is 15.1 Å². The average molecular weight is 272 g/mol. The van der Waals surface area contributed by atoms with E-state index in [1.54, 1.807) is 10.9 Å². The smallest absolute Gasteiger partial charge is 0.244 e. The molecular formula is C10H14BrN3O. The molecule has 1 aliphatic rings. The molecule has 1 N–H and O–H groups in total. The lowest BCUT2D eigenvalue weighted by atomic mass is 10.3. The third-order valence-corrected chi connectivity index (χ3v) is 3.43. The minimum absolute atomic E-state index is 0.0520. The zero-order valence-corrected chi connectivity index (χ0v) is 10.4. The molecule has 1 aliphatic carbocycles. The first kappa shape index (κ1) is 10.7. The Hall–Kier alpha value is -0.840. The quantitative estimate of drug-likeness (QED) is 0.911. The van der Waals surface area contributed by atoms with E-state index in [4.69, 9.17) is 0 Å². The molecule has 5 heteroatoms. The topological polar surface area (TPSA) is 46.9 Å². The van der Waals surface area contributed by atoms with Crippen LogP contribution in [-0.4, -0.2) is 21.7 Å². The van der Waals surface area contributed by atoms with Gasteiger partial charge in [-0.15, -0.1) is 0 Å². The Bertz CT molecular complexity index is 384. The van der Waals surface area contributed by atoms with Gasteiger partial charge in [0, 0.05) is 6.04 Å². The van der Waals surface area contributed by atoms with Crippen LogP contribution in [0.4, 0.5) is 0 Å². The lowest BCUT2D eigenvalue weighted by Gasteiger charge is -2.14. The molecule has 0 bridgehead atoms. The van der Waals surface area contributed by atoms with E-state index in [1.165, 1.54) is 0 Å². The molecule has 1 aromatic heterocycles. The number of nitrogens with one attached hydrogen (secondary N) is 1. The van der Waals surface area contributed by atoms with Crippen molar-refractivity contribution in [2.45, 2.75) is 38.8 Å². The van der Waals surface area contributed by atoms with Crippen LogP contribution in [0.2, 0.25) is 0 Å². The van der Waals surface area contributed by atoms with Crippen molar-refractivity contribution in [2.24, 2.45) is 0 Å². The largest absolute Gasteiger partial charge is 0.352 e. The van der Waals surface area contributed by atoms with Crippen LogP contribution < -0.4 is 5.32 Å². The molecule has 1 aromatic rings. The molecule has 0 saturated heterocycles. The monoisotopic (exact) mass is 271 g/mol. The molecule has 1 heterocycles. The summed E-state index contributed by atoms with van der Waals surface area (Å²) in [7, 11) is 0. The van der Waals surface area contributed by atoms with Gasteiger partial charge in [-0.1, -0.05) is 0 Å². The zero-order valence-electron chi connectivity index (χ0n) is 8.83. The van der Waals surface area contributed by atoms with Crippen molar-refractivity contribution in [2.75, 3.05) is 0 Å². The number of carbonyl (C=O) groups excluding carboxylic acids is 1. The molecule has 1 fully saturated rings. The first-order chi connectivity index (χ1) is 7.09. The van der Waals surface area contributed by atoms with Crippen molar-refractivity contribution in [1.29, 1.82) is 0 Å². The summed E-state index contributed by atoms with van der Waals surface area (Å²) in [6.07, 6.45) is 3.94. The second-order valence-corrected chi connectivity index (χ2v) is 4.84. The van der Waals surface area contributed by atoms with Crippen molar-refractivity contribution >= 4 is 21.8 Å². The highest BCUT2D eigenvalue weighted by atomic mass is 79.9. The van der Waals surface area contributed by atoms with Crippen molar-refractivity contribution < 1.29 is 4.79 Å². The van der Waals surface area contributed by atoms with E-state index in [9.17, 15) is 4.79 Å². The van der Waals surface area contributed by atoms with E-state index in [2.05, 4.69) is 26.3 Å². The van der Waals surface area contributed by atoms with Crippen LogP contribution >= 0.6 is 15.9 Å². The van der Waals surface area contributed by atoms with Crippen LogP contribution in [0.15, 0.2) is 10.7 Å². The maximum atomic E-state index is 11.8. The summed E-state index contributed by atoms with van der Waals surface area (Å²) in [5.41, 5.74) is 0.980. The summed E-state index contributed by atoms with van der Waals surface area (Å²) in [4.78, 5) is 11.8. The van der Waals surface area contributed by atoms with E-state index in [0.29, 0.717) is 6.04 Å². The summed E-state index contributed by atoms with van der Waals surface area (Å²) in [6.45, 7) is 3.81. The fourth-order valence-electron chi connectivity index (χ4n) is 1.45. The number of rotatable bonds is 3. The first-order valence-corrected chi connectivity index (χ1v) is 5.89. The summed E-state index contributed by atoms with van der Waals surface area (Å²) in [5.74, 6) is 0.0520. The molecular weight excluding hydrogens is 258 g/mol. The standard InChI is InChI=1S/C10H14BrN3O/c1-6-9(11)5-12-14(6)7(2)10(15)13-8-3-4-8/h5,7-8H,3-4H2,1-2H3,(H,13,15). The van der Waals surface area contributed by atoms with E-state index in [-0.39, 0.29) is 11.9 Å². The lowest BCUT2D eigenvalue weighted by Crippen LogP contribution is -2.33. The predicted molar refractivity (Wildman–Crippen MR) is 60.5 cm³/mol. The molecule has 0 aliphatic heterocycles. The highest BCUT2D eigenvalue weighted by Gasteiger charge is 2.27. The molecule has 0 spiro atoms. The highest BCUT2D eigenvalue weighted by Crippen LogP contribution is 2.22. The predicted octanol–water partition coefficient (Wildman–Crippen LogP) is 1.79. The van der Waals surface area contributed by atoms with E-state index in [0.717, 1.165) is 23.0 Å². The fourth-order valence-corrected chi connectivity index (χ4v) is 1.73. The molecule has 0 radical (unpaired) electrons. The molecule has 0 aromatic carbocycles. The normalized spacial score (nSPS) is 17.5. The van der Waals surface area contributed by atoms with Crippen LogP contribution in [0, 0.1) is 6.92 Å². The van der Waals surface area contributed by atoms with E-state index >= 15 is 0 Å². The Kier molecular flexibility index (Phi) is 2.82. The molecule has 82 valence electrons. The average Bonchev–Trinajstić information content (AvgIpc) is 2.95. The van der Waals surface area contributed by atoms with Crippen molar-refractivity contribution in [3.8, 4) is 0 Å². The van der Waals surface area contributed by atoms with Gasteiger partial charge in [0.2, 0.25) is 5.91 Å². The van der Waals surface area contributed by atoms with Gasteiger partial charge >= 0.3 is 0 Å². The molecule has 1 saturated carbocycles. The fraction of sp³-hybridized carbons (Fsp3) is 0.600. The molecule has 4 nitrogen and oxygen atoms in total. The molecule has 1 atom stereocenters. The number of halogens is 1. The first-order valence-electron chi connectivity index (χ1n) is 5.09. The van der Waals surface area contributed by atoms with Gasteiger partial charge in [0.15, 0.2) is 0 Å². The summed E-state index contributed by atoms with van der Waals surface area (Å²) in [6, 6.07) is 0.163. The minimum Gasteiger partial charge on any atom is -0.352 e. The maximum Gasteiger partial charge on any atom is 0.244 e. The Morgan fingerprint density at radius 3 is 2.87 bits per heavy atom. The molecule has 15 heavy (non-hydrogen) atoms. The van der Waals surface area contributed by atoms with Gasteiger partial charge in [-0.2, -0.15) is 5.10 Å². The van der Waals surface area contributed by atoms with Crippen molar-refractivity contribution in [3.05, 3.63) is 16.4 Å². The Morgan fingerprint density at radius 1 is 1.73 bits per heavy atom. The number of hydrogen-bond acceptors (Lipinski definition) is 2.